The molecule has 0 amide bonds. The molecule has 0 bridgehead atoms. The molecule has 0 spiro atoms. The highest BCUT2D eigenvalue weighted by Crippen LogP contribution is 2.08. The van der Waals surface area contributed by atoms with Crippen LogP contribution in [0.2, 0.25) is 0 Å². The number of hydrogen-bond donors (Lipinski definition) is 1. The molecule has 0 aliphatic rings. The number of unbranched alkanes of at least 4 members (excludes halogenated alkanes) is 2. The summed E-state index contributed by atoms with van der Waals surface area (Å²) in [5.74, 6) is 0.545. The molecule has 1 rings (SSSR count). The fourth-order valence-electron chi connectivity index (χ4n) is 1.83. The van der Waals surface area contributed by atoms with E-state index >= 15 is 0 Å². The van der Waals surface area contributed by atoms with Crippen LogP contribution in [0.25, 0.3) is 0 Å². The van der Waals surface area contributed by atoms with E-state index in [4.69, 9.17) is 9.47 Å². The van der Waals surface area contributed by atoms with Crippen molar-refractivity contribution in [3.63, 3.8) is 0 Å². The van der Waals surface area contributed by atoms with Gasteiger partial charge in [-0.25, -0.2) is 4.98 Å². The van der Waals surface area contributed by atoms with Crippen LogP contribution >= 0.6 is 0 Å². The molecule has 1 aromatic heterocycles. The molecule has 0 aliphatic heterocycles. The zero-order valence-corrected chi connectivity index (χ0v) is 12.4. The van der Waals surface area contributed by atoms with Crippen LogP contribution in [0.3, 0.4) is 0 Å². The molecule has 0 aliphatic carbocycles. The molecule has 0 atom stereocenters. The highest BCUT2D eigenvalue weighted by atomic mass is 16.5. The molecule has 0 radical (unpaired) electrons. The van der Waals surface area contributed by atoms with E-state index in [1.54, 1.807) is 13.3 Å². The van der Waals surface area contributed by atoms with Crippen molar-refractivity contribution < 1.29 is 14.3 Å². The summed E-state index contributed by atoms with van der Waals surface area (Å²) in [6.45, 7) is 4.04. The van der Waals surface area contributed by atoms with Gasteiger partial charge in [0.1, 0.15) is 0 Å². The van der Waals surface area contributed by atoms with Crippen LogP contribution in [0.1, 0.15) is 38.2 Å². The lowest BCUT2D eigenvalue weighted by Gasteiger charge is -2.06. The number of aromatic nitrogens is 1. The standard InChI is InChI=1S/C15H24N2O3/c1-3-20-15(18)7-5-4-6-9-16-12-13-8-10-17-14(11-13)19-2/h8,10-11,16H,3-7,9,12H2,1-2H3. The van der Waals surface area contributed by atoms with Gasteiger partial charge in [0.25, 0.3) is 0 Å². The van der Waals surface area contributed by atoms with Crippen molar-refractivity contribution in [2.45, 2.75) is 39.2 Å². The number of esters is 1. The lowest BCUT2D eigenvalue weighted by atomic mass is 10.2. The van der Waals surface area contributed by atoms with E-state index in [2.05, 4.69) is 10.3 Å². The molecule has 5 heteroatoms. The molecule has 5 nitrogen and oxygen atoms in total. The van der Waals surface area contributed by atoms with Gasteiger partial charge in [-0.15, -0.1) is 0 Å². The van der Waals surface area contributed by atoms with Crippen LogP contribution in [0.15, 0.2) is 18.3 Å². The predicted molar refractivity (Wildman–Crippen MR) is 77.6 cm³/mol. The highest BCUT2D eigenvalue weighted by Gasteiger charge is 2.00. The highest BCUT2D eigenvalue weighted by molar-refractivity contribution is 5.69. The van der Waals surface area contributed by atoms with Gasteiger partial charge in [0, 0.05) is 25.2 Å². The Kier molecular flexibility index (Phi) is 8.38. The number of carbonyl (C=O) groups excluding carboxylic acids is 1. The Bertz CT molecular complexity index is 396. The summed E-state index contributed by atoms with van der Waals surface area (Å²) in [5.41, 5.74) is 1.16. The second kappa shape index (κ2) is 10.2. The van der Waals surface area contributed by atoms with Crippen LogP contribution in [0.4, 0.5) is 0 Å². The molecular formula is C15H24N2O3. The molecule has 1 aromatic rings. The molecule has 1 N–H and O–H groups in total. The van der Waals surface area contributed by atoms with Crippen LogP contribution < -0.4 is 10.1 Å². The van der Waals surface area contributed by atoms with E-state index < -0.39 is 0 Å². The van der Waals surface area contributed by atoms with Gasteiger partial charge in [-0.05, 0) is 37.9 Å². The van der Waals surface area contributed by atoms with Gasteiger partial charge in [-0.2, -0.15) is 0 Å². The maximum atomic E-state index is 11.1. The van der Waals surface area contributed by atoms with Crippen molar-refractivity contribution in [1.29, 1.82) is 0 Å². The smallest absolute Gasteiger partial charge is 0.305 e. The number of nitrogens with one attached hydrogen (secondary N) is 1. The molecule has 0 unspecified atom stereocenters. The summed E-state index contributed by atoms with van der Waals surface area (Å²) in [4.78, 5) is 15.2. The third kappa shape index (κ3) is 7.09. The molecule has 0 fully saturated rings. The second-order valence-electron chi connectivity index (χ2n) is 4.50. The van der Waals surface area contributed by atoms with E-state index in [1.165, 1.54) is 0 Å². The monoisotopic (exact) mass is 280 g/mol. The van der Waals surface area contributed by atoms with Gasteiger partial charge >= 0.3 is 5.97 Å². The molecule has 0 aromatic carbocycles. The summed E-state index contributed by atoms with van der Waals surface area (Å²) in [6.07, 6.45) is 5.25. The summed E-state index contributed by atoms with van der Waals surface area (Å²) in [5, 5.41) is 3.37. The van der Waals surface area contributed by atoms with E-state index in [9.17, 15) is 4.79 Å². The van der Waals surface area contributed by atoms with Crippen LogP contribution in [0.5, 0.6) is 5.88 Å². The molecular weight excluding hydrogens is 256 g/mol. The summed E-state index contributed by atoms with van der Waals surface area (Å²) < 4.78 is 9.95. The number of ether oxygens (including phenoxy) is 2. The number of methoxy groups -OCH3 is 1. The minimum Gasteiger partial charge on any atom is -0.481 e. The lowest BCUT2D eigenvalue weighted by molar-refractivity contribution is -0.143. The minimum absolute atomic E-state index is 0.0932. The first-order chi connectivity index (χ1) is 9.76. The van der Waals surface area contributed by atoms with Crippen LogP contribution in [0, 0.1) is 0 Å². The number of pyridine rings is 1. The fourth-order valence-corrected chi connectivity index (χ4v) is 1.83. The van der Waals surface area contributed by atoms with Gasteiger partial charge in [0.05, 0.1) is 13.7 Å². The Balaban J connectivity index is 2.03. The van der Waals surface area contributed by atoms with Crippen LogP contribution in [-0.4, -0.2) is 31.2 Å². The number of rotatable bonds is 10. The van der Waals surface area contributed by atoms with Gasteiger partial charge in [-0.1, -0.05) is 6.42 Å². The topological polar surface area (TPSA) is 60.5 Å². The largest absolute Gasteiger partial charge is 0.481 e. The Labute approximate surface area is 120 Å². The first-order valence-electron chi connectivity index (χ1n) is 7.11. The van der Waals surface area contributed by atoms with Crippen molar-refractivity contribution >= 4 is 5.97 Å². The summed E-state index contributed by atoms with van der Waals surface area (Å²) in [7, 11) is 1.61. The predicted octanol–water partition coefficient (Wildman–Crippen LogP) is 2.30. The van der Waals surface area contributed by atoms with Gasteiger partial charge in [-0.3, -0.25) is 4.79 Å². The Hall–Kier alpha value is -1.62. The van der Waals surface area contributed by atoms with E-state index in [0.717, 1.165) is 37.9 Å². The molecule has 112 valence electrons. The fraction of sp³-hybridized carbons (Fsp3) is 0.600. The molecule has 0 saturated carbocycles. The SMILES string of the molecule is CCOC(=O)CCCCCNCc1ccnc(OC)c1. The van der Waals surface area contributed by atoms with Crippen molar-refractivity contribution in [2.24, 2.45) is 0 Å². The molecule has 0 saturated heterocycles. The lowest BCUT2D eigenvalue weighted by Crippen LogP contribution is -2.15. The number of nitrogens with zero attached hydrogens (tertiary/aromatic N) is 1. The Morgan fingerprint density at radius 3 is 2.95 bits per heavy atom. The number of hydrogen-bond acceptors (Lipinski definition) is 5. The van der Waals surface area contributed by atoms with E-state index in [-0.39, 0.29) is 5.97 Å². The average molecular weight is 280 g/mol. The first-order valence-corrected chi connectivity index (χ1v) is 7.11. The maximum absolute atomic E-state index is 11.1. The minimum atomic E-state index is -0.0932. The molecule has 1 heterocycles. The first kappa shape index (κ1) is 16.4. The van der Waals surface area contributed by atoms with Gasteiger partial charge in [0.15, 0.2) is 0 Å². The zero-order chi connectivity index (χ0) is 14.6. The van der Waals surface area contributed by atoms with Gasteiger partial charge < -0.3 is 14.8 Å². The third-order valence-electron chi connectivity index (χ3n) is 2.88. The van der Waals surface area contributed by atoms with E-state index in [0.29, 0.717) is 18.9 Å². The normalized spacial score (nSPS) is 10.3. The van der Waals surface area contributed by atoms with E-state index in [1.807, 2.05) is 19.1 Å². The number of carbonyl (C=O) groups is 1. The quantitative estimate of drug-likeness (QED) is 0.526. The van der Waals surface area contributed by atoms with Crippen LogP contribution in [-0.2, 0) is 16.1 Å². The Morgan fingerprint density at radius 1 is 1.35 bits per heavy atom. The zero-order valence-electron chi connectivity index (χ0n) is 12.4. The maximum Gasteiger partial charge on any atom is 0.305 e. The Morgan fingerprint density at radius 2 is 2.20 bits per heavy atom. The van der Waals surface area contributed by atoms with Crippen molar-refractivity contribution in [3.8, 4) is 5.88 Å². The van der Waals surface area contributed by atoms with Gasteiger partial charge in [0.2, 0.25) is 5.88 Å². The van der Waals surface area contributed by atoms with Crippen molar-refractivity contribution in [2.75, 3.05) is 20.3 Å². The van der Waals surface area contributed by atoms with Crippen molar-refractivity contribution in [1.82, 2.24) is 10.3 Å². The molecule has 20 heavy (non-hydrogen) atoms. The summed E-state index contributed by atoms with van der Waals surface area (Å²) >= 11 is 0. The average Bonchev–Trinajstić information content (AvgIpc) is 2.47. The summed E-state index contributed by atoms with van der Waals surface area (Å²) in [6, 6.07) is 3.89. The second-order valence-corrected chi connectivity index (χ2v) is 4.50. The third-order valence-corrected chi connectivity index (χ3v) is 2.88. The van der Waals surface area contributed by atoms with Crippen molar-refractivity contribution in [3.05, 3.63) is 23.9 Å².